The van der Waals surface area contributed by atoms with Gasteiger partial charge >= 0.3 is 0 Å². The summed E-state index contributed by atoms with van der Waals surface area (Å²) in [6, 6.07) is 3.82. The zero-order valence-electron chi connectivity index (χ0n) is 9.01. The van der Waals surface area contributed by atoms with Gasteiger partial charge in [-0.2, -0.15) is 0 Å². The predicted octanol–water partition coefficient (Wildman–Crippen LogP) is 2.57. The molecule has 0 saturated carbocycles. The summed E-state index contributed by atoms with van der Waals surface area (Å²) in [5.41, 5.74) is 7.32. The average Bonchev–Trinajstić information content (AvgIpc) is 2.18. The zero-order chi connectivity index (χ0) is 10.4. The van der Waals surface area contributed by atoms with Gasteiger partial charge in [0.1, 0.15) is 5.82 Å². The molecule has 3 nitrogen and oxygen atoms in total. The van der Waals surface area contributed by atoms with Gasteiger partial charge in [-0.05, 0) is 25.5 Å². The van der Waals surface area contributed by atoms with Gasteiger partial charge in [0, 0.05) is 6.54 Å². The van der Waals surface area contributed by atoms with Crippen molar-refractivity contribution >= 4 is 11.5 Å². The Balaban J connectivity index is 2.39. The van der Waals surface area contributed by atoms with Gasteiger partial charge in [-0.3, -0.25) is 0 Å². The third kappa shape index (κ3) is 3.24. The molecule has 0 bridgehead atoms. The summed E-state index contributed by atoms with van der Waals surface area (Å²) in [5, 5.41) is 3.28. The number of hydrogen-bond donors (Lipinski definition) is 2. The fourth-order valence-corrected chi connectivity index (χ4v) is 1.26. The zero-order valence-corrected chi connectivity index (χ0v) is 9.01. The second-order valence-corrected chi connectivity index (χ2v) is 3.51. The molecule has 0 aliphatic rings. The molecule has 0 saturated heterocycles. The highest BCUT2D eigenvalue weighted by Gasteiger charge is 1.96. The van der Waals surface area contributed by atoms with Gasteiger partial charge in [-0.25, -0.2) is 4.98 Å². The molecule has 0 radical (unpaired) electrons. The molecule has 1 aromatic heterocycles. The third-order valence-corrected chi connectivity index (χ3v) is 2.21. The lowest BCUT2D eigenvalue weighted by atomic mass is 10.2. The molecule has 1 rings (SSSR count). The monoisotopic (exact) mass is 193 g/mol. The molecule has 3 N–H and O–H groups in total. The van der Waals surface area contributed by atoms with Crippen molar-refractivity contribution in [3.05, 3.63) is 17.8 Å². The minimum Gasteiger partial charge on any atom is -0.397 e. The quantitative estimate of drug-likeness (QED) is 0.707. The molecule has 14 heavy (non-hydrogen) atoms. The van der Waals surface area contributed by atoms with E-state index in [4.69, 9.17) is 5.73 Å². The lowest BCUT2D eigenvalue weighted by Crippen LogP contribution is -2.04. The van der Waals surface area contributed by atoms with Gasteiger partial charge < -0.3 is 11.1 Å². The maximum atomic E-state index is 5.67. The Kier molecular flexibility index (Phi) is 4.23. The fraction of sp³-hybridized carbons (Fsp3) is 0.545. The third-order valence-electron chi connectivity index (χ3n) is 2.21. The van der Waals surface area contributed by atoms with Gasteiger partial charge in [0.15, 0.2) is 0 Å². The summed E-state index contributed by atoms with van der Waals surface area (Å²) < 4.78 is 0. The maximum Gasteiger partial charge on any atom is 0.126 e. The summed E-state index contributed by atoms with van der Waals surface area (Å²) in [7, 11) is 0. The number of hydrogen-bond acceptors (Lipinski definition) is 3. The van der Waals surface area contributed by atoms with E-state index in [9.17, 15) is 0 Å². The predicted molar refractivity (Wildman–Crippen MR) is 61.4 cm³/mol. The lowest BCUT2D eigenvalue weighted by Gasteiger charge is -2.06. The molecule has 0 aliphatic heterocycles. The molecule has 1 heterocycles. The Morgan fingerprint density at radius 1 is 1.36 bits per heavy atom. The topological polar surface area (TPSA) is 50.9 Å². The Labute approximate surface area is 85.7 Å². The van der Waals surface area contributed by atoms with Crippen LogP contribution in [-0.4, -0.2) is 11.5 Å². The van der Waals surface area contributed by atoms with Gasteiger partial charge in [0.2, 0.25) is 0 Å². The summed E-state index contributed by atoms with van der Waals surface area (Å²) in [6.45, 7) is 5.11. The number of nitrogens with two attached hydrogens (primary N) is 1. The Morgan fingerprint density at radius 3 is 2.79 bits per heavy atom. The van der Waals surface area contributed by atoms with Crippen LogP contribution in [0.3, 0.4) is 0 Å². The van der Waals surface area contributed by atoms with Crippen LogP contribution < -0.4 is 11.1 Å². The molecule has 0 atom stereocenters. The average molecular weight is 193 g/mol. The summed E-state index contributed by atoms with van der Waals surface area (Å²) >= 11 is 0. The van der Waals surface area contributed by atoms with Crippen LogP contribution in [0.1, 0.15) is 31.9 Å². The van der Waals surface area contributed by atoms with E-state index in [0.717, 1.165) is 23.7 Å². The molecule has 0 fully saturated rings. The summed E-state index contributed by atoms with van der Waals surface area (Å²) in [4.78, 5) is 4.33. The minimum atomic E-state index is 0.754. The molecule has 3 heteroatoms. The summed E-state index contributed by atoms with van der Waals surface area (Å²) in [6.07, 6.45) is 3.71. The highest BCUT2D eigenvalue weighted by molar-refractivity contribution is 5.48. The van der Waals surface area contributed by atoms with Gasteiger partial charge in [0.25, 0.3) is 0 Å². The van der Waals surface area contributed by atoms with Crippen LogP contribution in [0.15, 0.2) is 12.1 Å². The minimum absolute atomic E-state index is 0.754. The van der Waals surface area contributed by atoms with Crippen LogP contribution >= 0.6 is 0 Å². The van der Waals surface area contributed by atoms with Crippen LogP contribution in [0.25, 0.3) is 0 Å². The first kappa shape index (κ1) is 10.8. The Hall–Kier alpha value is -1.25. The lowest BCUT2D eigenvalue weighted by molar-refractivity contribution is 0.742. The number of nitrogens with one attached hydrogen (secondary N) is 1. The second-order valence-electron chi connectivity index (χ2n) is 3.51. The van der Waals surface area contributed by atoms with Crippen molar-refractivity contribution in [3.63, 3.8) is 0 Å². The van der Waals surface area contributed by atoms with Crippen molar-refractivity contribution < 1.29 is 0 Å². The standard InChI is InChI=1S/C11H19N3/c1-3-4-5-8-13-11-7-6-10(12)9(2)14-11/h6-7H,3-5,8,12H2,1-2H3,(H,13,14). The number of nitrogens with zero attached hydrogens (tertiary/aromatic N) is 1. The smallest absolute Gasteiger partial charge is 0.126 e. The van der Waals surface area contributed by atoms with Crippen molar-refractivity contribution in [3.8, 4) is 0 Å². The molecule has 0 spiro atoms. The molecular formula is C11H19N3. The fourth-order valence-electron chi connectivity index (χ4n) is 1.26. The van der Waals surface area contributed by atoms with E-state index in [0.29, 0.717) is 0 Å². The molecule has 78 valence electrons. The number of rotatable bonds is 5. The molecule has 0 aromatic carbocycles. The van der Waals surface area contributed by atoms with Crippen molar-refractivity contribution in [1.29, 1.82) is 0 Å². The molecule has 0 amide bonds. The van der Waals surface area contributed by atoms with E-state index in [1.165, 1.54) is 19.3 Å². The number of unbranched alkanes of at least 4 members (excludes halogenated alkanes) is 2. The first-order chi connectivity index (χ1) is 6.74. The van der Waals surface area contributed by atoms with Crippen LogP contribution in [-0.2, 0) is 0 Å². The van der Waals surface area contributed by atoms with E-state index < -0.39 is 0 Å². The molecule has 0 aliphatic carbocycles. The number of aryl methyl sites for hydroxylation is 1. The number of pyridine rings is 1. The van der Waals surface area contributed by atoms with Crippen LogP contribution in [0, 0.1) is 6.92 Å². The Morgan fingerprint density at radius 2 is 2.14 bits per heavy atom. The molecular weight excluding hydrogens is 174 g/mol. The second kappa shape index (κ2) is 5.47. The van der Waals surface area contributed by atoms with E-state index in [1.54, 1.807) is 0 Å². The van der Waals surface area contributed by atoms with E-state index >= 15 is 0 Å². The highest BCUT2D eigenvalue weighted by Crippen LogP contribution is 2.11. The van der Waals surface area contributed by atoms with E-state index in [2.05, 4.69) is 17.2 Å². The van der Waals surface area contributed by atoms with Crippen molar-refractivity contribution in [2.75, 3.05) is 17.6 Å². The number of anilines is 2. The Bertz CT molecular complexity index is 284. The van der Waals surface area contributed by atoms with Crippen molar-refractivity contribution in [2.45, 2.75) is 33.1 Å². The highest BCUT2D eigenvalue weighted by atomic mass is 15.0. The van der Waals surface area contributed by atoms with Gasteiger partial charge in [-0.1, -0.05) is 19.8 Å². The number of aromatic nitrogens is 1. The van der Waals surface area contributed by atoms with Crippen LogP contribution in [0.5, 0.6) is 0 Å². The first-order valence-electron chi connectivity index (χ1n) is 5.21. The largest absolute Gasteiger partial charge is 0.397 e. The molecule has 0 unspecified atom stereocenters. The van der Waals surface area contributed by atoms with Gasteiger partial charge in [-0.15, -0.1) is 0 Å². The van der Waals surface area contributed by atoms with E-state index in [1.807, 2.05) is 19.1 Å². The normalized spacial score (nSPS) is 10.1. The van der Waals surface area contributed by atoms with Crippen LogP contribution in [0.2, 0.25) is 0 Å². The molecule has 1 aromatic rings. The van der Waals surface area contributed by atoms with Crippen molar-refractivity contribution in [1.82, 2.24) is 4.98 Å². The summed E-state index contributed by atoms with van der Waals surface area (Å²) in [5.74, 6) is 0.924. The van der Waals surface area contributed by atoms with E-state index in [-0.39, 0.29) is 0 Å². The number of nitrogen functional groups attached to an aromatic ring is 1. The van der Waals surface area contributed by atoms with Crippen molar-refractivity contribution in [2.24, 2.45) is 0 Å². The maximum absolute atomic E-state index is 5.67. The SMILES string of the molecule is CCCCCNc1ccc(N)c(C)n1. The van der Waals surface area contributed by atoms with Gasteiger partial charge in [0.05, 0.1) is 11.4 Å². The first-order valence-corrected chi connectivity index (χ1v) is 5.21. The van der Waals surface area contributed by atoms with Crippen LogP contribution in [0.4, 0.5) is 11.5 Å².